The predicted octanol–water partition coefficient (Wildman–Crippen LogP) is 2.97. The molecule has 0 aliphatic carbocycles. The highest BCUT2D eigenvalue weighted by Gasteiger charge is 2.29. The van der Waals surface area contributed by atoms with Crippen LogP contribution in [0.5, 0.6) is 11.8 Å². The van der Waals surface area contributed by atoms with Gasteiger partial charge in [-0.15, -0.1) is 0 Å². The van der Waals surface area contributed by atoms with E-state index in [2.05, 4.69) is 20.0 Å². The molecule has 8 nitrogen and oxygen atoms in total. The number of ether oxygens (including phenoxy) is 2. The predicted molar refractivity (Wildman–Crippen MR) is 101 cm³/mol. The van der Waals surface area contributed by atoms with Gasteiger partial charge in [0.15, 0.2) is 6.61 Å². The summed E-state index contributed by atoms with van der Waals surface area (Å²) in [5, 5.41) is 2.53. The Balaban J connectivity index is 2.16. The number of aryl methyl sites for hydroxylation is 1. The maximum atomic E-state index is 12.8. The first kappa shape index (κ1) is 22.9. The minimum absolute atomic E-state index is 0.0409. The van der Waals surface area contributed by atoms with Crippen molar-refractivity contribution in [3.8, 4) is 11.8 Å². The standard InChI is InChI=1S/C19H21F3N4O4/c1-11-7-14(8-15(23-11)24-12(2)27)18(28)26(3)9-13-5-6-16(25-17(13)29-4)30-10-19(20,21)22/h5-8H,9-10H2,1-4H3,(H,23,24,27). The summed E-state index contributed by atoms with van der Waals surface area (Å²) in [6.07, 6.45) is -4.49. The Labute approximate surface area is 171 Å². The van der Waals surface area contributed by atoms with Gasteiger partial charge in [0.2, 0.25) is 17.7 Å². The van der Waals surface area contributed by atoms with Gasteiger partial charge in [-0.2, -0.15) is 18.2 Å². The molecule has 1 N–H and O–H groups in total. The fourth-order valence-electron chi connectivity index (χ4n) is 2.57. The van der Waals surface area contributed by atoms with Gasteiger partial charge in [-0.05, 0) is 25.1 Å². The number of pyridine rings is 2. The van der Waals surface area contributed by atoms with E-state index >= 15 is 0 Å². The van der Waals surface area contributed by atoms with Crippen LogP contribution in [-0.2, 0) is 11.3 Å². The molecular formula is C19H21F3N4O4. The Morgan fingerprint density at radius 3 is 2.50 bits per heavy atom. The zero-order chi connectivity index (χ0) is 22.5. The summed E-state index contributed by atoms with van der Waals surface area (Å²) in [4.78, 5) is 33.5. The molecule has 0 unspecified atom stereocenters. The number of rotatable bonds is 7. The second-order valence-electron chi connectivity index (χ2n) is 6.45. The smallest absolute Gasteiger partial charge is 0.422 e. The molecule has 0 aliphatic heterocycles. The third-order valence-electron chi connectivity index (χ3n) is 3.75. The van der Waals surface area contributed by atoms with E-state index in [0.29, 0.717) is 16.8 Å². The SMILES string of the molecule is COc1nc(OCC(F)(F)F)ccc1CN(C)C(=O)c1cc(C)nc(NC(C)=O)c1. The van der Waals surface area contributed by atoms with Crippen molar-refractivity contribution in [2.45, 2.75) is 26.6 Å². The molecule has 0 fully saturated rings. The van der Waals surface area contributed by atoms with Crippen LogP contribution in [0.1, 0.15) is 28.5 Å². The Bertz CT molecular complexity index is 934. The van der Waals surface area contributed by atoms with Crippen LogP contribution in [0.3, 0.4) is 0 Å². The lowest BCUT2D eigenvalue weighted by Gasteiger charge is -2.19. The molecule has 2 rings (SSSR count). The first-order valence-electron chi connectivity index (χ1n) is 8.73. The maximum Gasteiger partial charge on any atom is 0.422 e. The van der Waals surface area contributed by atoms with Crippen molar-refractivity contribution in [1.82, 2.24) is 14.9 Å². The summed E-state index contributed by atoms with van der Waals surface area (Å²) in [5.74, 6) is -0.620. The maximum absolute atomic E-state index is 12.8. The number of hydrogen-bond acceptors (Lipinski definition) is 6. The first-order chi connectivity index (χ1) is 14.0. The third kappa shape index (κ3) is 6.61. The fraction of sp³-hybridized carbons (Fsp3) is 0.368. The molecule has 0 aromatic carbocycles. The van der Waals surface area contributed by atoms with Gasteiger partial charge in [0.1, 0.15) is 5.82 Å². The molecule has 162 valence electrons. The van der Waals surface area contributed by atoms with Crippen molar-refractivity contribution < 1.29 is 32.2 Å². The van der Waals surface area contributed by atoms with Crippen LogP contribution in [0.2, 0.25) is 0 Å². The molecule has 0 spiro atoms. The monoisotopic (exact) mass is 426 g/mol. The average Bonchev–Trinajstić information content (AvgIpc) is 2.64. The van der Waals surface area contributed by atoms with Gasteiger partial charge < -0.3 is 19.7 Å². The van der Waals surface area contributed by atoms with Gasteiger partial charge >= 0.3 is 6.18 Å². The molecule has 0 saturated heterocycles. The number of halogens is 3. The lowest BCUT2D eigenvalue weighted by Crippen LogP contribution is -2.27. The fourth-order valence-corrected chi connectivity index (χ4v) is 2.57. The van der Waals surface area contributed by atoms with Crippen molar-refractivity contribution in [2.75, 3.05) is 26.1 Å². The van der Waals surface area contributed by atoms with Crippen LogP contribution >= 0.6 is 0 Å². The van der Waals surface area contributed by atoms with Crippen LogP contribution < -0.4 is 14.8 Å². The lowest BCUT2D eigenvalue weighted by molar-refractivity contribution is -0.154. The molecule has 0 bridgehead atoms. The van der Waals surface area contributed by atoms with E-state index in [1.165, 1.54) is 37.1 Å². The Hall–Kier alpha value is -3.37. The Morgan fingerprint density at radius 1 is 1.20 bits per heavy atom. The lowest BCUT2D eigenvalue weighted by atomic mass is 10.2. The van der Waals surface area contributed by atoms with E-state index in [1.807, 2.05) is 0 Å². The number of amides is 2. The molecule has 2 aromatic heterocycles. The van der Waals surface area contributed by atoms with Gasteiger partial charge in [0.05, 0.1) is 13.7 Å². The average molecular weight is 426 g/mol. The van der Waals surface area contributed by atoms with Crippen LogP contribution in [0, 0.1) is 6.92 Å². The molecule has 0 saturated carbocycles. The highest BCUT2D eigenvalue weighted by molar-refractivity contribution is 5.96. The second-order valence-corrected chi connectivity index (χ2v) is 6.45. The molecule has 0 aliphatic rings. The van der Waals surface area contributed by atoms with E-state index in [4.69, 9.17) is 4.74 Å². The van der Waals surface area contributed by atoms with Crippen molar-refractivity contribution in [1.29, 1.82) is 0 Å². The van der Waals surface area contributed by atoms with Crippen molar-refractivity contribution in [3.05, 3.63) is 41.1 Å². The number of alkyl halides is 3. The molecule has 2 heterocycles. The summed E-state index contributed by atoms with van der Waals surface area (Å²) in [6, 6.07) is 5.78. The van der Waals surface area contributed by atoms with Gasteiger partial charge in [-0.25, -0.2) is 4.98 Å². The second kappa shape index (κ2) is 9.42. The summed E-state index contributed by atoms with van der Waals surface area (Å²) < 4.78 is 46.6. The highest BCUT2D eigenvalue weighted by atomic mass is 19.4. The molecule has 0 radical (unpaired) electrons. The van der Waals surface area contributed by atoms with Crippen LogP contribution in [0.25, 0.3) is 0 Å². The number of carbonyl (C=O) groups is 2. The number of nitrogens with one attached hydrogen (secondary N) is 1. The summed E-state index contributed by atoms with van der Waals surface area (Å²) >= 11 is 0. The molecule has 30 heavy (non-hydrogen) atoms. The third-order valence-corrected chi connectivity index (χ3v) is 3.75. The summed E-state index contributed by atoms with van der Waals surface area (Å²) in [7, 11) is 2.86. The van der Waals surface area contributed by atoms with Crippen LogP contribution in [0.15, 0.2) is 24.3 Å². The van der Waals surface area contributed by atoms with E-state index in [1.54, 1.807) is 20.0 Å². The number of methoxy groups -OCH3 is 1. The molecule has 2 amide bonds. The van der Waals surface area contributed by atoms with Gasteiger partial charge in [-0.1, -0.05) is 0 Å². The molecular weight excluding hydrogens is 405 g/mol. The van der Waals surface area contributed by atoms with Crippen LogP contribution in [0.4, 0.5) is 19.0 Å². The van der Waals surface area contributed by atoms with Gasteiger partial charge in [0, 0.05) is 36.9 Å². The Morgan fingerprint density at radius 2 is 1.90 bits per heavy atom. The Kier molecular flexibility index (Phi) is 7.19. The molecule has 2 aromatic rings. The number of carbonyl (C=O) groups excluding carboxylic acids is 2. The molecule has 11 heteroatoms. The van der Waals surface area contributed by atoms with E-state index < -0.39 is 12.8 Å². The number of nitrogens with zero attached hydrogens (tertiary/aromatic N) is 3. The number of aromatic nitrogens is 2. The zero-order valence-corrected chi connectivity index (χ0v) is 16.8. The minimum Gasteiger partial charge on any atom is -0.481 e. The normalized spacial score (nSPS) is 11.0. The number of anilines is 1. The quantitative estimate of drug-likeness (QED) is 0.732. The largest absolute Gasteiger partial charge is 0.481 e. The topological polar surface area (TPSA) is 93.7 Å². The van der Waals surface area contributed by atoms with E-state index in [0.717, 1.165) is 0 Å². The van der Waals surface area contributed by atoms with Gasteiger partial charge in [0.25, 0.3) is 5.91 Å². The highest BCUT2D eigenvalue weighted by Crippen LogP contribution is 2.24. The number of hydrogen-bond donors (Lipinski definition) is 1. The minimum atomic E-state index is -4.49. The van der Waals surface area contributed by atoms with Crippen LogP contribution in [-0.4, -0.2) is 53.6 Å². The van der Waals surface area contributed by atoms with Gasteiger partial charge in [-0.3, -0.25) is 9.59 Å². The van der Waals surface area contributed by atoms with Crippen molar-refractivity contribution in [2.24, 2.45) is 0 Å². The van der Waals surface area contributed by atoms with Crippen molar-refractivity contribution in [3.63, 3.8) is 0 Å². The summed E-state index contributed by atoms with van der Waals surface area (Å²) in [5.41, 5.74) is 1.33. The molecule has 0 atom stereocenters. The first-order valence-corrected chi connectivity index (χ1v) is 8.73. The summed E-state index contributed by atoms with van der Waals surface area (Å²) in [6.45, 7) is 1.62. The van der Waals surface area contributed by atoms with E-state index in [9.17, 15) is 22.8 Å². The van der Waals surface area contributed by atoms with Crippen molar-refractivity contribution >= 4 is 17.6 Å². The van der Waals surface area contributed by atoms with E-state index in [-0.39, 0.29) is 35.9 Å². The zero-order valence-electron chi connectivity index (χ0n) is 16.8.